The van der Waals surface area contributed by atoms with Gasteiger partial charge in [0.25, 0.3) is 5.91 Å². The number of hydrogen-bond acceptors (Lipinski definition) is 1. The minimum absolute atomic E-state index is 0.190. The first kappa shape index (κ1) is 10.4. The highest BCUT2D eigenvalue weighted by Crippen LogP contribution is 2.23. The van der Waals surface area contributed by atoms with Gasteiger partial charge in [0.1, 0.15) is 0 Å². The van der Waals surface area contributed by atoms with Gasteiger partial charge < -0.3 is 4.90 Å². The molecule has 0 saturated carbocycles. The molecule has 0 spiro atoms. The molecule has 1 rings (SSSR count). The second kappa shape index (κ2) is 4.55. The van der Waals surface area contributed by atoms with Crippen molar-refractivity contribution in [3.63, 3.8) is 0 Å². The number of nitrogens with zero attached hydrogens (tertiary/aromatic N) is 1. The van der Waals surface area contributed by atoms with Crippen LogP contribution in [0.2, 0.25) is 0 Å². The Morgan fingerprint density at radius 2 is 2.15 bits per heavy atom. The van der Waals surface area contributed by atoms with E-state index in [1.54, 1.807) is 11.8 Å². The highest BCUT2D eigenvalue weighted by molar-refractivity contribution is 6.39. The molecule has 2 nitrogen and oxygen atoms in total. The summed E-state index contributed by atoms with van der Waals surface area (Å²) in [6.45, 7) is 2.61. The van der Waals surface area contributed by atoms with E-state index >= 15 is 0 Å². The zero-order valence-electron chi connectivity index (χ0n) is 7.23. The summed E-state index contributed by atoms with van der Waals surface area (Å²) >= 11 is 11.6. The molecule has 0 radical (unpaired) electrons. The maximum Gasteiger partial charge on any atom is 0.298 e. The van der Waals surface area contributed by atoms with E-state index < -0.39 is 0 Å². The molecule has 0 aliphatic carbocycles. The topological polar surface area (TPSA) is 20.3 Å². The van der Waals surface area contributed by atoms with Crippen LogP contribution < -0.4 is 0 Å². The first-order valence-corrected chi connectivity index (χ1v) is 4.65. The van der Waals surface area contributed by atoms with E-state index in [0.717, 1.165) is 0 Å². The van der Waals surface area contributed by atoms with Crippen LogP contribution >= 0.6 is 23.2 Å². The fraction of sp³-hybridized carbons (Fsp3) is 0.444. The molecule has 1 amide bonds. The lowest BCUT2D eigenvalue weighted by Gasteiger charge is -2.24. The third-order valence-corrected chi connectivity index (χ3v) is 2.61. The predicted octanol–water partition coefficient (Wildman–Crippen LogP) is 1.93. The molecule has 1 aliphatic heterocycles. The second-order valence-electron chi connectivity index (χ2n) is 2.66. The molecule has 0 saturated heterocycles. The molecular formula is C9H9Cl2NO. The summed E-state index contributed by atoms with van der Waals surface area (Å²) in [4.78, 5) is 12.9. The second-order valence-corrected chi connectivity index (χ2v) is 3.57. The van der Waals surface area contributed by atoms with E-state index in [1.165, 1.54) is 0 Å². The van der Waals surface area contributed by atoms with Gasteiger partial charge in [-0.05, 0) is 12.8 Å². The molecule has 0 aromatic rings. The van der Waals surface area contributed by atoms with Gasteiger partial charge in [-0.3, -0.25) is 4.79 Å². The molecule has 0 bridgehead atoms. The van der Waals surface area contributed by atoms with Crippen LogP contribution in [-0.2, 0) is 4.79 Å². The summed E-state index contributed by atoms with van der Waals surface area (Å²) in [7, 11) is 0. The summed E-state index contributed by atoms with van der Waals surface area (Å²) in [6, 6.07) is 0. The molecule has 1 heterocycles. The summed E-state index contributed by atoms with van der Waals surface area (Å²) in [5, 5.41) is 1.19. The Bertz CT molecular complexity index is 311. The molecule has 1 aliphatic rings. The van der Waals surface area contributed by atoms with Crippen LogP contribution in [0.25, 0.3) is 0 Å². The van der Waals surface area contributed by atoms with E-state index in [9.17, 15) is 4.79 Å². The van der Waals surface area contributed by atoms with Crippen LogP contribution in [0.3, 0.4) is 0 Å². The molecule has 0 aromatic heterocycles. The van der Waals surface area contributed by atoms with Crippen molar-refractivity contribution in [1.29, 1.82) is 0 Å². The summed E-state index contributed by atoms with van der Waals surface area (Å²) in [5.41, 5.74) is 0. The number of hydrogen-bond donors (Lipinski definition) is 0. The van der Waals surface area contributed by atoms with Crippen LogP contribution in [-0.4, -0.2) is 23.9 Å². The SMILES string of the molecule is CC#CC(=O)N1CCC(Cl)=C(Cl)C1. The number of rotatable bonds is 0. The van der Waals surface area contributed by atoms with E-state index in [0.29, 0.717) is 29.6 Å². The molecule has 0 fully saturated rings. The van der Waals surface area contributed by atoms with Gasteiger partial charge in [-0.25, -0.2) is 0 Å². The minimum Gasteiger partial charge on any atom is -0.326 e. The van der Waals surface area contributed by atoms with Crippen molar-refractivity contribution in [1.82, 2.24) is 4.90 Å². The van der Waals surface area contributed by atoms with Gasteiger partial charge in [-0.15, -0.1) is 0 Å². The van der Waals surface area contributed by atoms with E-state index in [2.05, 4.69) is 11.8 Å². The third kappa shape index (κ3) is 2.65. The molecule has 70 valence electrons. The number of amides is 1. The van der Waals surface area contributed by atoms with Gasteiger partial charge in [0.2, 0.25) is 0 Å². The van der Waals surface area contributed by atoms with Gasteiger partial charge in [0, 0.05) is 18.0 Å². The van der Waals surface area contributed by atoms with Crippen molar-refractivity contribution >= 4 is 29.1 Å². The summed E-state index contributed by atoms with van der Waals surface area (Å²) < 4.78 is 0. The average Bonchev–Trinajstić information content (AvgIpc) is 2.10. The highest BCUT2D eigenvalue weighted by atomic mass is 35.5. The zero-order valence-corrected chi connectivity index (χ0v) is 8.74. The predicted molar refractivity (Wildman–Crippen MR) is 53.4 cm³/mol. The standard InChI is InChI=1S/C9H9Cl2NO/c1-2-3-9(13)12-5-4-7(10)8(11)6-12/h4-6H2,1H3. The van der Waals surface area contributed by atoms with Gasteiger partial charge >= 0.3 is 0 Å². The van der Waals surface area contributed by atoms with Crippen LogP contribution in [0.4, 0.5) is 0 Å². The summed E-state index contributed by atoms with van der Waals surface area (Å²) in [5.74, 6) is 4.83. The van der Waals surface area contributed by atoms with Crippen LogP contribution in [0.5, 0.6) is 0 Å². The van der Waals surface area contributed by atoms with Gasteiger partial charge in [-0.1, -0.05) is 29.1 Å². The largest absolute Gasteiger partial charge is 0.326 e. The first-order valence-electron chi connectivity index (χ1n) is 3.90. The Kier molecular flexibility index (Phi) is 3.65. The van der Waals surface area contributed by atoms with Crippen molar-refractivity contribution in [2.24, 2.45) is 0 Å². The average molecular weight is 218 g/mol. The molecule has 0 unspecified atom stereocenters. The van der Waals surface area contributed by atoms with Crippen LogP contribution in [0.15, 0.2) is 10.1 Å². The smallest absolute Gasteiger partial charge is 0.298 e. The zero-order chi connectivity index (χ0) is 9.84. The third-order valence-electron chi connectivity index (χ3n) is 1.74. The van der Waals surface area contributed by atoms with Gasteiger partial charge in [-0.2, -0.15) is 0 Å². The van der Waals surface area contributed by atoms with Gasteiger partial charge in [0.05, 0.1) is 11.6 Å². The lowest BCUT2D eigenvalue weighted by atomic mass is 10.2. The monoisotopic (exact) mass is 217 g/mol. The van der Waals surface area contributed by atoms with Crippen molar-refractivity contribution in [3.8, 4) is 11.8 Å². The van der Waals surface area contributed by atoms with Crippen molar-refractivity contribution < 1.29 is 4.79 Å². The quantitative estimate of drug-likeness (QED) is 0.569. The van der Waals surface area contributed by atoms with Crippen LogP contribution in [0.1, 0.15) is 13.3 Å². The van der Waals surface area contributed by atoms with E-state index in [4.69, 9.17) is 23.2 Å². The lowest BCUT2D eigenvalue weighted by Crippen LogP contribution is -2.34. The molecule has 13 heavy (non-hydrogen) atoms. The van der Waals surface area contributed by atoms with E-state index in [-0.39, 0.29) is 5.91 Å². The van der Waals surface area contributed by atoms with E-state index in [1.807, 2.05) is 0 Å². The molecule has 0 aromatic carbocycles. The minimum atomic E-state index is -0.190. The maximum atomic E-state index is 11.3. The maximum absolute atomic E-state index is 11.3. The lowest BCUT2D eigenvalue weighted by molar-refractivity contribution is -0.124. The van der Waals surface area contributed by atoms with Gasteiger partial charge in [0.15, 0.2) is 0 Å². The van der Waals surface area contributed by atoms with Crippen molar-refractivity contribution in [3.05, 3.63) is 10.1 Å². The van der Waals surface area contributed by atoms with Crippen LogP contribution in [0, 0.1) is 11.8 Å². The molecular weight excluding hydrogens is 209 g/mol. The number of carbonyl (C=O) groups is 1. The molecule has 4 heteroatoms. The van der Waals surface area contributed by atoms with Crippen molar-refractivity contribution in [2.45, 2.75) is 13.3 Å². The normalized spacial score (nSPS) is 16.7. The highest BCUT2D eigenvalue weighted by Gasteiger charge is 2.19. The summed E-state index contributed by atoms with van der Waals surface area (Å²) in [6.07, 6.45) is 0.623. The Morgan fingerprint density at radius 1 is 1.46 bits per heavy atom. The Labute approximate surface area is 87.5 Å². The fourth-order valence-electron chi connectivity index (χ4n) is 1.06. The number of carbonyl (C=O) groups excluding carboxylic acids is 1. The Morgan fingerprint density at radius 3 is 2.69 bits per heavy atom. The molecule has 0 N–H and O–H groups in total. The first-order chi connectivity index (χ1) is 6.15. The number of halogens is 2. The molecule has 0 atom stereocenters. The van der Waals surface area contributed by atoms with Crippen molar-refractivity contribution in [2.75, 3.05) is 13.1 Å². The fourth-order valence-corrected chi connectivity index (χ4v) is 1.44. The Hall–Kier alpha value is -0.650. The Balaban J connectivity index is 2.67.